The van der Waals surface area contributed by atoms with Crippen molar-refractivity contribution in [2.45, 2.75) is 6.92 Å². The lowest BCUT2D eigenvalue weighted by molar-refractivity contribution is 0.835. The molecule has 3 aromatic rings. The summed E-state index contributed by atoms with van der Waals surface area (Å²) in [5, 5.41) is 4.55. The molecule has 0 aliphatic rings. The van der Waals surface area contributed by atoms with Crippen molar-refractivity contribution in [2.75, 3.05) is 0 Å². The van der Waals surface area contributed by atoms with E-state index >= 15 is 0 Å². The zero-order valence-corrected chi connectivity index (χ0v) is 15.9. The molecule has 0 saturated carbocycles. The first-order chi connectivity index (χ1) is 11.9. The van der Waals surface area contributed by atoms with E-state index in [0.29, 0.717) is 42.7 Å². The smallest absolute Gasteiger partial charge is 0.280 e. The molecule has 0 atom stereocenters. The van der Waals surface area contributed by atoms with Crippen LogP contribution in [0.5, 0.6) is 0 Å². The Kier molecular flexibility index (Phi) is 5.25. The second-order valence-corrected chi connectivity index (χ2v) is 6.93. The van der Waals surface area contributed by atoms with E-state index in [4.69, 9.17) is 46.4 Å². The molecule has 8 heteroatoms. The fourth-order valence-corrected chi connectivity index (χ4v) is 3.39. The van der Waals surface area contributed by atoms with E-state index in [9.17, 15) is 4.79 Å². The quantitative estimate of drug-likeness (QED) is 0.537. The van der Waals surface area contributed by atoms with Crippen LogP contribution in [0.15, 0.2) is 46.2 Å². The summed E-state index contributed by atoms with van der Waals surface area (Å²) in [6.07, 6.45) is 1.43. The zero-order chi connectivity index (χ0) is 18.1. The van der Waals surface area contributed by atoms with Gasteiger partial charge in [0.15, 0.2) is 0 Å². The van der Waals surface area contributed by atoms with Crippen molar-refractivity contribution in [1.29, 1.82) is 0 Å². The highest BCUT2D eigenvalue weighted by Crippen LogP contribution is 2.35. The van der Waals surface area contributed by atoms with Crippen LogP contribution >= 0.6 is 46.4 Å². The molecule has 0 unspecified atom stereocenters. The number of nitrogens with zero attached hydrogens (tertiary/aromatic N) is 2. The van der Waals surface area contributed by atoms with Crippen LogP contribution in [0.1, 0.15) is 11.3 Å². The summed E-state index contributed by atoms with van der Waals surface area (Å²) in [4.78, 5) is 16.9. The van der Waals surface area contributed by atoms with Gasteiger partial charge < -0.3 is 0 Å². The van der Waals surface area contributed by atoms with Crippen LogP contribution in [-0.4, -0.2) is 16.0 Å². The summed E-state index contributed by atoms with van der Waals surface area (Å²) in [7, 11) is 0. The number of aromatic amines is 1. The predicted molar refractivity (Wildman–Crippen MR) is 105 cm³/mol. The lowest BCUT2D eigenvalue weighted by atomic mass is 10.2. The average Bonchev–Trinajstić information content (AvgIpc) is 2.81. The molecule has 1 aromatic heterocycles. The number of H-pyrrole nitrogens is 1. The molecule has 0 bridgehead atoms. The Morgan fingerprint density at radius 3 is 2.36 bits per heavy atom. The van der Waals surface area contributed by atoms with E-state index in [1.165, 1.54) is 23.0 Å². The number of hydrogen-bond donors (Lipinski definition) is 1. The second kappa shape index (κ2) is 7.26. The SMILES string of the molecule is Cc1[nH]n(-c2cccc(Cl)c2)c(=O)c1C=Nc1c(Cl)cc(Cl)cc1Cl. The van der Waals surface area contributed by atoms with E-state index in [1.54, 1.807) is 31.2 Å². The number of aliphatic imine (C=N–C) groups is 1. The van der Waals surface area contributed by atoms with Gasteiger partial charge in [-0.05, 0) is 37.3 Å². The minimum atomic E-state index is -0.260. The third-order valence-corrected chi connectivity index (χ3v) is 4.52. The van der Waals surface area contributed by atoms with Gasteiger partial charge in [0.05, 0.1) is 21.3 Å². The minimum absolute atomic E-state index is 0.260. The first-order valence-corrected chi connectivity index (χ1v) is 8.64. The first kappa shape index (κ1) is 18.1. The molecule has 0 aliphatic heterocycles. The lowest BCUT2D eigenvalue weighted by Crippen LogP contribution is -2.17. The fourth-order valence-electron chi connectivity index (χ4n) is 2.30. The Balaban J connectivity index is 2.04. The summed E-state index contributed by atoms with van der Waals surface area (Å²) in [6, 6.07) is 10.0. The molecule has 0 saturated heterocycles. The lowest BCUT2D eigenvalue weighted by Gasteiger charge is -2.01. The van der Waals surface area contributed by atoms with Gasteiger partial charge in [-0.25, -0.2) is 4.68 Å². The largest absolute Gasteiger partial charge is 0.295 e. The Morgan fingerprint density at radius 1 is 1.04 bits per heavy atom. The highest BCUT2D eigenvalue weighted by atomic mass is 35.5. The molecule has 0 fully saturated rings. The number of nitrogens with one attached hydrogen (secondary N) is 1. The summed E-state index contributed by atoms with van der Waals surface area (Å²) >= 11 is 24.1. The number of halogens is 4. The minimum Gasteiger partial charge on any atom is -0.295 e. The normalized spacial score (nSPS) is 11.4. The molecule has 4 nitrogen and oxygen atoms in total. The Hall–Kier alpha value is -1.72. The van der Waals surface area contributed by atoms with E-state index in [-0.39, 0.29) is 5.56 Å². The summed E-state index contributed by atoms with van der Waals surface area (Å²) in [5.74, 6) is 0. The summed E-state index contributed by atoms with van der Waals surface area (Å²) in [6.45, 7) is 1.77. The van der Waals surface area contributed by atoms with Crippen LogP contribution in [-0.2, 0) is 0 Å². The van der Waals surface area contributed by atoms with Gasteiger partial charge in [-0.2, -0.15) is 0 Å². The molecule has 2 aromatic carbocycles. The molecule has 0 radical (unpaired) electrons. The van der Waals surface area contributed by atoms with Crippen LogP contribution < -0.4 is 5.56 Å². The highest BCUT2D eigenvalue weighted by Gasteiger charge is 2.12. The van der Waals surface area contributed by atoms with Gasteiger partial charge in [0.25, 0.3) is 5.56 Å². The number of benzene rings is 2. The van der Waals surface area contributed by atoms with Crippen molar-refractivity contribution in [3.05, 3.63) is 78.1 Å². The highest BCUT2D eigenvalue weighted by molar-refractivity contribution is 6.41. The van der Waals surface area contributed by atoms with E-state index in [0.717, 1.165) is 0 Å². The molecule has 0 amide bonds. The van der Waals surface area contributed by atoms with Crippen molar-refractivity contribution >= 4 is 58.3 Å². The number of rotatable bonds is 3. The standard InChI is InChI=1S/C17H11Cl4N3O/c1-9-13(8-22-16-14(20)6-11(19)7-15(16)21)17(25)24(23-9)12-4-2-3-10(18)5-12/h2-8,23H,1H3. The van der Waals surface area contributed by atoms with Gasteiger partial charge >= 0.3 is 0 Å². The topological polar surface area (TPSA) is 50.1 Å². The molecular formula is C17H11Cl4N3O. The van der Waals surface area contributed by atoms with Crippen LogP contribution in [0.3, 0.4) is 0 Å². The van der Waals surface area contributed by atoms with Crippen molar-refractivity contribution in [1.82, 2.24) is 9.78 Å². The van der Waals surface area contributed by atoms with Crippen LogP contribution in [0.4, 0.5) is 5.69 Å². The Morgan fingerprint density at radius 2 is 1.72 bits per heavy atom. The third kappa shape index (κ3) is 3.77. The van der Waals surface area contributed by atoms with Crippen molar-refractivity contribution in [2.24, 2.45) is 4.99 Å². The van der Waals surface area contributed by atoms with Crippen molar-refractivity contribution in [3.63, 3.8) is 0 Å². The molecule has 1 heterocycles. The maximum Gasteiger partial charge on any atom is 0.280 e. The van der Waals surface area contributed by atoms with Gasteiger partial charge in [0.2, 0.25) is 0 Å². The Bertz CT molecular complexity index is 1010. The first-order valence-electron chi connectivity index (χ1n) is 7.13. The van der Waals surface area contributed by atoms with Crippen molar-refractivity contribution < 1.29 is 0 Å². The molecule has 3 rings (SSSR count). The number of aryl methyl sites for hydroxylation is 1. The second-order valence-electron chi connectivity index (χ2n) is 5.25. The number of hydrogen-bond acceptors (Lipinski definition) is 2. The maximum absolute atomic E-state index is 12.7. The molecule has 1 N–H and O–H groups in total. The fraction of sp³-hybridized carbons (Fsp3) is 0.0588. The van der Waals surface area contributed by atoms with Crippen LogP contribution in [0, 0.1) is 6.92 Å². The van der Waals surface area contributed by atoms with E-state index < -0.39 is 0 Å². The summed E-state index contributed by atoms with van der Waals surface area (Å²) in [5.41, 5.74) is 1.76. The third-order valence-electron chi connectivity index (χ3n) is 3.49. The van der Waals surface area contributed by atoms with Crippen molar-refractivity contribution in [3.8, 4) is 5.69 Å². The van der Waals surface area contributed by atoms with Gasteiger partial charge in [-0.3, -0.25) is 14.9 Å². The molecule has 0 spiro atoms. The molecule has 0 aliphatic carbocycles. The van der Waals surface area contributed by atoms with Crippen LogP contribution in [0.25, 0.3) is 5.69 Å². The van der Waals surface area contributed by atoms with Gasteiger partial charge in [0.1, 0.15) is 5.69 Å². The zero-order valence-electron chi connectivity index (χ0n) is 12.9. The van der Waals surface area contributed by atoms with Gasteiger partial charge in [-0.1, -0.05) is 52.5 Å². The van der Waals surface area contributed by atoms with Crippen LogP contribution in [0.2, 0.25) is 20.1 Å². The molecule has 25 heavy (non-hydrogen) atoms. The van der Waals surface area contributed by atoms with Gasteiger partial charge in [0, 0.05) is 22.0 Å². The number of aromatic nitrogens is 2. The average molecular weight is 415 g/mol. The van der Waals surface area contributed by atoms with Gasteiger partial charge in [-0.15, -0.1) is 0 Å². The van der Waals surface area contributed by atoms with E-state index in [1.807, 2.05) is 0 Å². The Labute approximate surface area is 163 Å². The molecular weight excluding hydrogens is 404 g/mol. The predicted octanol–water partition coefficient (Wildman–Crippen LogP) is 5.84. The van der Waals surface area contributed by atoms with E-state index in [2.05, 4.69) is 10.1 Å². The summed E-state index contributed by atoms with van der Waals surface area (Å²) < 4.78 is 1.40. The monoisotopic (exact) mass is 413 g/mol. The molecule has 128 valence electrons. The maximum atomic E-state index is 12.7.